The molecule has 1 aliphatic rings. The molecule has 0 spiro atoms. The van der Waals surface area contributed by atoms with Gasteiger partial charge in [-0.05, 0) is 44.0 Å². The number of hydrogen-bond donors (Lipinski definition) is 2. The first-order valence-electron chi connectivity index (χ1n) is 7.05. The largest absolute Gasteiger partial charge is 0.395 e. The number of nitrogens with one attached hydrogen (secondary N) is 1. The Labute approximate surface area is 134 Å². The highest BCUT2D eigenvalue weighted by Crippen LogP contribution is 2.24. The quantitative estimate of drug-likeness (QED) is 0.788. The normalized spacial score (nSPS) is 19.3. The van der Waals surface area contributed by atoms with Crippen molar-refractivity contribution in [2.45, 2.75) is 30.7 Å². The van der Waals surface area contributed by atoms with Crippen molar-refractivity contribution in [3.05, 3.63) is 28.2 Å². The van der Waals surface area contributed by atoms with Gasteiger partial charge in [0.25, 0.3) is 0 Å². The minimum absolute atomic E-state index is 0.118. The third kappa shape index (κ3) is 4.04. The highest BCUT2D eigenvalue weighted by atomic mass is 79.9. The second-order valence-corrected chi connectivity index (χ2v) is 8.11. The molecule has 0 aliphatic carbocycles. The maximum absolute atomic E-state index is 12.8. The first-order valence-corrected chi connectivity index (χ1v) is 9.29. The van der Waals surface area contributed by atoms with Crippen LogP contribution in [0.4, 0.5) is 0 Å². The predicted molar refractivity (Wildman–Crippen MR) is 85.7 cm³/mol. The van der Waals surface area contributed by atoms with Crippen LogP contribution in [0, 0.1) is 6.92 Å². The molecule has 21 heavy (non-hydrogen) atoms. The Bertz CT molecular complexity index is 586. The van der Waals surface area contributed by atoms with Gasteiger partial charge in [-0.3, -0.25) is 0 Å². The van der Waals surface area contributed by atoms with Crippen LogP contribution in [0.2, 0.25) is 0 Å². The number of halogens is 1. The van der Waals surface area contributed by atoms with Crippen molar-refractivity contribution in [1.29, 1.82) is 0 Å². The molecule has 1 aromatic rings. The van der Waals surface area contributed by atoms with E-state index in [4.69, 9.17) is 0 Å². The van der Waals surface area contributed by atoms with Crippen LogP contribution >= 0.6 is 15.9 Å². The molecule has 1 heterocycles. The minimum Gasteiger partial charge on any atom is -0.395 e. The second kappa shape index (κ2) is 7.19. The highest BCUT2D eigenvalue weighted by Gasteiger charge is 2.29. The SMILES string of the molecule is Cc1ccc(Br)cc1S(=O)(=O)N(CCO)CC1CCCN1. The van der Waals surface area contributed by atoms with Gasteiger partial charge in [-0.25, -0.2) is 8.42 Å². The lowest BCUT2D eigenvalue weighted by atomic mass is 10.2. The number of benzene rings is 1. The molecule has 5 nitrogen and oxygen atoms in total. The van der Waals surface area contributed by atoms with E-state index in [1.165, 1.54) is 4.31 Å². The van der Waals surface area contributed by atoms with Crippen molar-refractivity contribution in [1.82, 2.24) is 9.62 Å². The Balaban J connectivity index is 2.29. The molecule has 2 rings (SSSR count). The van der Waals surface area contributed by atoms with E-state index in [1.807, 2.05) is 6.07 Å². The van der Waals surface area contributed by atoms with Crippen molar-refractivity contribution < 1.29 is 13.5 Å². The summed E-state index contributed by atoms with van der Waals surface area (Å²) < 4.78 is 27.8. The van der Waals surface area contributed by atoms with E-state index < -0.39 is 10.0 Å². The molecular weight excluding hydrogens is 356 g/mol. The molecule has 2 N–H and O–H groups in total. The van der Waals surface area contributed by atoms with Gasteiger partial charge in [-0.2, -0.15) is 4.31 Å². The first kappa shape index (κ1) is 16.9. The van der Waals surface area contributed by atoms with E-state index in [0.29, 0.717) is 17.0 Å². The van der Waals surface area contributed by atoms with E-state index in [2.05, 4.69) is 21.2 Å². The average molecular weight is 377 g/mol. The summed E-state index contributed by atoms with van der Waals surface area (Å²) in [5.74, 6) is 0. The van der Waals surface area contributed by atoms with Crippen molar-refractivity contribution in [2.75, 3.05) is 26.2 Å². The van der Waals surface area contributed by atoms with Gasteiger partial charge in [0.2, 0.25) is 10.0 Å². The molecule has 0 saturated carbocycles. The number of sulfonamides is 1. The molecule has 0 amide bonds. The fourth-order valence-corrected chi connectivity index (χ4v) is 4.81. The van der Waals surface area contributed by atoms with Crippen LogP contribution in [0.1, 0.15) is 18.4 Å². The van der Waals surface area contributed by atoms with Crippen LogP contribution in [-0.2, 0) is 10.0 Å². The van der Waals surface area contributed by atoms with Gasteiger partial charge < -0.3 is 10.4 Å². The summed E-state index contributed by atoms with van der Waals surface area (Å²) >= 11 is 3.32. The van der Waals surface area contributed by atoms with Gasteiger partial charge in [0.1, 0.15) is 0 Å². The van der Waals surface area contributed by atoms with E-state index in [-0.39, 0.29) is 19.2 Å². The lowest BCUT2D eigenvalue weighted by molar-refractivity contribution is 0.246. The van der Waals surface area contributed by atoms with Gasteiger partial charge in [0.15, 0.2) is 0 Å². The summed E-state index contributed by atoms with van der Waals surface area (Å²) in [6, 6.07) is 5.39. The number of aryl methyl sites for hydroxylation is 1. The van der Waals surface area contributed by atoms with E-state index in [0.717, 1.165) is 23.9 Å². The molecule has 0 aromatic heterocycles. The maximum atomic E-state index is 12.8. The Morgan fingerprint density at radius 3 is 2.86 bits per heavy atom. The van der Waals surface area contributed by atoms with Crippen LogP contribution < -0.4 is 5.32 Å². The smallest absolute Gasteiger partial charge is 0.243 e. The summed E-state index contributed by atoms with van der Waals surface area (Å²) in [6.07, 6.45) is 2.03. The molecule has 118 valence electrons. The zero-order valence-corrected chi connectivity index (χ0v) is 14.5. The van der Waals surface area contributed by atoms with Crippen molar-refractivity contribution >= 4 is 26.0 Å². The van der Waals surface area contributed by atoms with Crippen LogP contribution in [-0.4, -0.2) is 50.1 Å². The van der Waals surface area contributed by atoms with E-state index in [1.54, 1.807) is 19.1 Å². The molecule has 1 unspecified atom stereocenters. The van der Waals surface area contributed by atoms with Gasteiger partial charge in [-0.1, -0.05) is 22.0 Å². The lowest BCUT2D eigenvalue weighted by Crippen LogP contribution is -2.42. The Kier molecular flexibility index (Phi) is 5.79. The van der Waals surface area contributed by atoms with Gasteiger partial charge in [-0.15, -0.1) is 0 Å². The minimum atomic E-state index is -3.60. The summed E-state index contributed by atoms with van der Waals surface area (Å²) in [4.78, 5) is 0.295. The number of hydrogen-bond acceptors (Lipinski definition) is 4. The zero-order chi connectivity index (χ0) is 15.5. The Morgan fingerprint density at radius 1 is 1.48 bits per heavy atom. The zero-order valence-electron chi connectivity index (χ0n) is 12.0. The molecule has 1 saturated heterocycles. The molecule has 1 atom stereocenters. The second-order valence-electron chi connectivity index (χ2n) is 5.29. The number of aliphatic hydroxyl groups excluding tert-OH is 1. The van der Waals surface area contributed by atoms with Crippen LogP contribution in [0.15, 0.2) is 27.6 Å². The Hall–Kier alpha value is -0.470. The maximum Gasteiger partial charge on any atom is 0.243 e. The summed E-state index contributed by atoms with van der Waals surface area (Å²) in [5, 5.41) is 12.5. The van der Waals surface area contributed by atoms with Gasteiger partial charge in [0, 0.05) is 23.6 Å². The molecule has 0 radical (unpaired) electrons. The standard InChI is InChI=1S/C14H21BrN2O3S/c1-11-4-5-12(15)9-14(11)21(19,20)17(7-8-18)10-13-3-2-6-16-13/h4-5,9,13,16,18H,2-3,6-8,10H2,1H3. The number of aliphatic hydroxyl groups is 1. The molecule has 1 fully saturated rings. The molecule has 0 bridgehead atoms. The number of nitrogens with zero attached hydrogens (tertiary/aromatic N) is 1. The third-order valence-electron chi connectivity index (χ3n) is 3.70. The topological polar surface area (TPSA) is 69.6 Å². The Morgan fingerprint density at radius 2 is 2.24 bits per heavy atom. The lowest BCUT2D eigenvalue weighted by Gasteiger charge is -2.25. The summed E-state index contributed by atoms with van der Waals surface area (Å²) in [6.45, 7) is 3.04. The fourth-order valence-electron chi connectivity index (χ4n) is 2.57. The third-order valence-corrected chi connectivity index (χ3v) is 6.20. The monoisotopic (exact) mass is 376 g/mol. The summed E-state index contributed by atoms with van der Waals surface area (Å²) in [5.41, 5.74) is 0.709. The summed E-state index contributed by atoms with van der Waals surface area (Å²) in [7, 11) is -3.60. The first-order chi connectivity index (χ1) is 9.95. The van der Waals surface area contributed by atoms with Crippen LogP contribution in [0.25, 0.3) is 0 Å². The van der Waals surface area contributed by atoms with Crippen molar-refractivity contribution in [3.8, 4) is 0 Å². The van der Waals surface area contributed by atoms with E-state index >= 15 is 0 Å². The van der Waals surface area contributed by atoms with E-state index in [9.17, 15) is 13.5 Å². The molecule has 1 aliphatic heterocycles. The highest BCUT2D eigenvalue weighted by molar-refractivity contribution is 9.10. The fraction of sp³-hybridized carbons (Fsp3) is 0.571. The van der Waals surface area contributed by atoms with Crippen LogP contribution in [0.5, 0.6) is 0 Å². The molecule has 1 aromatic carbocycles. The molecule has 7 heteroatoms. The molecular formula is C14H21BrN2O3S. The van der Waals surface area contributed by atoms with Crippen molar-refractivity contribution in [3.63, 3.8) is 0 Å². The number of rotatable bonds is 6. The van der Waals surface area contributed by atoms with Gasteiger partial charge in [0.05, 0.1) is 11.5 Å². The average Bonchev–Trinajstić information content (AvgIpc) is 2.94. The van der Waals surface area contributed by atoms with Crippen molar-refractivity contribution in [2.24, 2.45) is 0 Å². The predicted octanol–water partition coefficient (Wildman–Crippen LogP) is 1.49. The van der Waals surface area contributed by atoms with Crippen LogP contribution in [0.3, 0.4) is 0 Å². The van der Waals surface area contributed by atoms with Gasteiger partial charge >= 0.3 is 0 Å².